The number of amides is 1. The molecule has 128 valence electrons. The molecule has 1 atom stereocenters. The van der Waals surface area contributed by atoms with E-state index < -0.39 is 18.4 Å². The smallest absolute Gasteiger partial charge is 0.408 e. The van der Waals surface area contributed by atoms with E-state index in [9.17, 15) is 9.18 Å². The Bertz CT molecular complexity index is 538. The van der Waals surface area contributed by atoms with Crippen LogP contribution in [0.25, 0.3) is 0 Å². The van der Waals surface area contributed by atoms with Crippen molar-refractivity contribution in [2.75, 3.05) is 13.3 Å². The second-order valence-electron chi connectivity index (χ2n) is 6.32. The fraction of sp³-hybridized carbons (Fsp3) is 0.500. The number of aryl methyl sites for hydroxylation is 1. The molecule has 0 aliphatic carbocycles. The monoisotopic (exact) mass is 323 g/mol. The molecule has 1 N–H and O–H groups in total. The zero-order valence-electron chi connectivity index (χ0n) is 14.3. The van der Waals surface area contributed by atoms with E-state index in [4.69, 9.17) is 9.47 Å². The molecule has 1 aromatic rings. The largest absolute Gasteiger partial charge is 0.491 e. The van der Waals surface area contributed by atoms with Crippen molar-refractivity contribution in [3.8, 4) is 5.75 Å². The maximum atomic E-state index is 12.2. The van der Waals surface area contributed by atoms with Gasteiger partial charge in [-0.1, -0.05) is 12.1 Å². The van der Waals surface area contributed by atoms with Crippen LogP contribution in [0.1, 0.15) is 31.9 Å². The third-order valence-corrected chi connectivity index (χ3v) is 3.09. The maximum absolute atomic E-state index is 12.2. The van der Waals surface area contributed by atoms with Crippen molar-refractivity contribution in [2.24, 2.45) is 0 Å². The van der Waals surface area contributed by atoms with Gasteiger partial charge < -0.3 is 14.8 Å². The number of hydrogen-bond acceptors (Lipinski definition) is 3. The van der Waals surface area contributed by atoms with Crippen LogP contribution in [-0.2, 0) is 11.2 Å². The highest BCUT2D eigenvalue weighted by Crippen LogP contribution is 2.19. The van der Waals surface area contributed by atoms with Gasteiger partial charge in [0.2, 0.25) is 0 Å². The summed E-state index contributed by atoms with van der Waals surface area (Å²) >= 11 is 0. The molecular formula is C18H26FNO3. The van der Waals surface area contributed by atoms with Gasteiger partial charge in [-0.25, -0.2) is 9.18 Å². The Morgan fingerprint density at radius 3 is 2.70 bits per heavy atom. The number of rotatable bonds is 7. The van der Waals surface area contributed by atoms with Crippen molar-refractivity contribution in [2.45, 2.75) is 45.8 Å². The topological polar surface area (TPSA) is 47.6 Å². The summed E-state index contributed by atoms with van der Waals surface area (Å²) in [5.41, 5.74) is 1.52. The molecule has 0 spiro atoms. The summed E-state index contributed by atoms with van der Waals surface area (Å²) < 4.78 is 22.8. The zero-order chi connectivity index (χ0) is 17.5. The number of hydrogen-bond donors (Lipinski definition) is 1. The number of carbonyl (C=O) groups is 1. The minimum atomic E-state index is -0.550. The summed E-state index contributed by atoms with van der Waals surface area (Å²) in [5.74, 6) is 0.614. The van der Waals surface area contributed by atoms with Gasteiger partial charge in [0.25, 0.3) is 0 Å². The lowest BCUT2D eigenvalue weighted by atomic mass is 10.0. The molecule has 1 amide bonds. The molecule has 0 radical (unpaired) electrons. The van der Waals surface area contributed by atoms with Crippen LogP contribution in [0.3, 0.4) is 0 Å². The summed E-state index contributed by atoms with van der Waals surface area (Å²) in [7, 11) is 0. The number of alkyl halides is 1. The third kappa shape index (κ3) is 7.17. The number of ether oxygens (including phenoxy) is 2. The molecule has 5 heteroatoms. The highest BCUT2D eigenvalue weighted by atomic mass is 19.1. The van der Waals surface area contributed by atoms with Crippen molar-refractivity contribution in [1.82, 2.24) is 5.32 Å². The van der Waals surface area contributed by atoms with E-state index in [1.54, 1.807) is 12.1 Å². The number of alkyl carbamates (subject to hydrolysis) is 1. The van der Waals surface area contributed by atoms with Crippen LogP contribution in [0.15, 0.2) is 30.9 Å². The van der Waals surface area contributed by atoms with Crippen molar-refractivity contribution in [1.29, 1.82) is 0 Å². The Balaban J connectivity index is 2.74. The van der Waals surface area contributed by atoms with Crippen LogP contribution in [0.5, 0.6) is 5.75 Å². The highest BCUT2D eigenvalue weighted by molar-refractivity contribution is 5.68. The average Bonchev–Trinajstić information content (AvgIpc) is 2.45. The molecule has 23 heavy (non-hydrogen) atoms. The third-order valence-electron chi connectivity index (χ3n) is 3.09. The van der Waals surface area contributed by atoms with Crippen LogP contribution in [-0.4, -0.2) is 31.0 Å². The molecule has 0 saturated carbocycles. The summed E-state index contributed by atoms with van der Waals surface area (Å²) in [6.45, 7) is 10.7. The molecule has 1 rings (SSSR count). The van der Waals surface area contributed by atoms with E-state index in [1.807, 2.05) is 39.8 Å². The van der Waals surface area contributed by atoms with Crippen LogP contribution in [0, 0.1) is 6.92 Å². The van der Waals surface area contributed by atoms with E-state index in [0.717, 1.165) is 11.1 Å². The van der Waals surface area contributed by atoms with E-state index in [1.165, 1.54) is 0 Å². The Morgan fingerprint density at radius 1 is 1.43 bits per heavy atom. The van der Waals surface area contributed by atoms with E-state index >= 15 is 0 Å². The van der Waals surface area contributed by atoms with Gasteiger partial charge >= 0.3 is 6.09 Å². The first-order chi connectivity index (χ1) is 10.7. The highest BCUT2D eigenvalue weighted by Gasteiger charge is 2.18. The molecule has 0 aliphatic heterocycles. The molecule has 0 saturated heterocycles. The van der Waals surface area contributed by atoms with Crippen molar-refractivity contribution >= 4 is 6.09 Å². The van der Waals surface area contributed by atoms with Gasteiger partial charge in [0.15, 0.2) is 0 Å². The Kier molecular flexibility index (Phi) is 7.07. The number of carbonyl (C=O) groups excluding carboxylic acids is 1. The molecule has 0 bridgehead atoms. The fourth-order valence-corrected chi connectivity index (χ4v) is 2.00. The van der Waals surface area contributed by atoms with Gasteiger partial charge in [0.05, 0.1) is 6.04 Å². The Hall–Kier alpha value is -2.04. The first kappa shape index (κ1) is 19.0. The molecular weight excluding hydrogens is 297 g/mol. The second-order valence-corrected chi connectivity index (χ2v) is 6.32. The average molecular weight is 323 g/mol. The Labute approximate surface area is 137 Å². The SMILES string of the molecule is C=CC(Cc1cc(OCCF)ccc1C)NC(=O)OC(C)(C)C. The normalized spacial score (nSPS) is 12.4. The van der Waals surface area contributed by atoms with Gasteiger partial charge in [-0.2, -0.15) is 0 Å². The van der Waals surface area contributed by atoms with Gasteiger partial charge in [0, 0.05) is 0 Å². The lowest BCUT2D eigenvalue weighted by molar-refractivity contribution is 0.0514. The van der Waals surface area contributed by atoms with Crippen molar-refractivity contribution in [3.05, 3.63) is 42.0 Å². The van der Waals surface area contributed by atoms with Crippen LogP contribution >= 0.6 is 0 Å². The van der Waals surface area contributed by atoms with Gasteiger partial charge in [0.1, 0.15) is 24.6 Å². The lowest BCUT2D eigenvalue weighted by Crippen LogP contribution is -2.39. The predicted molar refractivity (Wildman–Crippen MR) is 89.7 cm³/mol. The molecule has 0 fully saturated rings. The molecule has 1 unspecified atom stereocenters. The lowest BCUT2D eigenvalue weighted by Gasteiger charge is -2.22. The van der Waals surface area contributed by atoms with Crippen LogP contribution in [0.2, 0.25) is 0 Å². The standard InChI is InChI=1S/C18H26FNO3/c1-6-15(20-17(21)23-18(3,4)5)11-14-12-16(22-10-9-19)8-7-13(14)2/h6-8,12,15H,1,9-11H2,2-5H3,(H,20,21). The molecule has 1 aromatic carbocycles. The van der Waals surface area contributed by atoms with Gasteiger partial charge in [-0.05, 0) is 57.4 Å². The first-order valence-corrected chi connectivity index (χ1v) is 7.65. The van der Waals surface area contributed by atoms with Gasteiger partial charge in [-0.15, -0.1) is 6.58 Å². The summed E-state index contributed by atoms with van der Waals surface area (Å²) in [5, 5.41) is 2.78. The summed E-state index contributed by atoms with van der Waals surface area (Å²) in [4.78, 5) is 11.9. The van der Waals surface area contributed by atoms with Gasteiger partial charge in [-0.3, -0.25) is 0 Å². The molecule has 4 nitrogen and oxygen atoms in total. The number of nitrogens with one attached hydrogen (secondary N) is 1. The molecule has 0 aromatic heterocycles. The second kappa shape index (κ2) is 8.56. The Morgan fingerprint density at radius 2 is 2.13 bits per heavy atom. The predicted octanol–water partition coefficient (Wildman–Crippen LogP) is 3.97. The van der Waals surface area contributed by atoms with Crippen LogP contribution in [0.4, 0.5) is 9.18 Å². The molecule has 0 heterocycles. The summed E-state index contributed by atoms with van der Waals surface area (Å²) in [6, 6.07) is 5.31. The molecule has 0 aliphatic rings. The minimum absolute atomic E-state index is 0.0313. The van der Waals surface area contributed by atoms with Crippen molar-refractivity contribution in [3.63, 3.8) is 0 Å². The van der Waals surface area contributed by atoms with E-state index in [2.05, 4.69) is 11.9 Å². The fourth-order valence-electron chi connectivity index (χ4n) is 2.00. The number of benzene rings is 1. The zero-order valence-corrected chi connectivity index (χ0v) is 14.3. The van der Waals surface area contributed by atoms with Crippen molar-refractivity contribution < 1.29 is 18.7 Å². The quantitative estimate of drug-likeness (QED) is 0.773. The maximum Gasteiger partial charge on any atom is 0.408 e. The van der Waals surface area contributed by atoms with E-state index in [0.29, 0.717) is 12.2 Å². The summed E-state index contributed by atoms with van der Waals surface area (Å²) in [6.07, 6.45) is 1.74. The van der Waals surface area contributed by atoms with E-state index in [-0.39, 0.29) is 12.6 Å². The first-order valence-electron chi connectivity index (χ1n) is 7.65. The number of halogens is 1. The van der Waals surface area contributed by atoms with Crippen LogP contribution < -0.4 is 10.1 Å². The minimum Gasteiger partial charge on any atom is -0.491 e.